The molecule has 0 aromatic heterocycles. The maximum absolute atomic E-state index is 13.1. The van der Waals surface area contributed by atoms with Crippen LogP contribution in [0.15, 0.2) is 42.5 Å². The summed E-state index contributed by atoms with van der Waals surface area (Å²) in [6.07, 6.45) is 0. The van der Waals surface area contributed by atoms with Gasteiger partial charge in [-0.2, -0.15) is 5.26 Å². The summed E-state index contributed by atoms with van der Waals surface area (Å²) in [6, 6.07) is 13.5. The Morgan fingerprint density at radius 2 is 2.00 bits per heavy atom. The van der Waals surface area contributed by atoms with Gasteiger partial charge in [0.25, 0.3) is 0 Å². The standard InChI is InChI=1S/C15H12ClFN2/c1-10-4-2-3-5-14(10)19-15(9-18)11-6-7-13(17)12(16)8-11/h2-8,15,19H,1H3. The normalized spacial score (nSPS) is 11.7. The number of rotatable bonds is 3. The van der Waals surface area contributed by atoms with E-state index in [0.29, 0.717) is 5.56 Å². The summed E-state index contributed by atoms with van der Waals surface area (Å²) in [6.45, 7) is 1.95. The third-order valence-corrected chi connectivity index (χ3v) is 3.14. The molecule has 96 valence electrons. The van der Waals surface area contributed by atoms with Crippen LogP contribution < -0.4 is 5.32 Å². The van der Waals surface area contributed by atoms with Crippen molar-refractivity contribution in [2.45, 2.75) is 13.0 Å². The molecule has 0 saturated heterocycles. The number of anilines is 1. The second-order valence-corrected chi connectivity index (χ2v) is 4.60. The van der Waals surface area contributed by atoms with Crippen molar-refractivity contribution in [3.05, 3.63) is 64.4 Å². The Morgan fingerprint density at radius 3 is 2.63 bits per heavy atom. The van der Waals surface area contributed by atoms with Gasteiger partial charge in [0.2, 0.25) is 0 Å². The molecular weight excluding hydrogens is 263 g/mol. The van der Waals surface area contributed by atoms with Crippen molar-refractivity contribution < 1.29 is 4.39 Å². The molecule has 2 nitrogen and oxygen atoms in total. The van der Waals surface area contributed by atoms with E-state index in [-0.39, 0.29) is 5.02 Å². The molecule has 0 aliphatic heterocycles. The van der Waals surface area contributed by atoms with Crippen molar-refractivity contribution in [1.29, 1.82) is 5.26 Å². The molecule has 0 aliphatic carbocycles. The Labute approximate surface area is 116 Å². The number of nitrogens with one attached hydrogen (secondary N) is 1. The smallest absolute Gasteiger partial charge is 0.141 e. The van der Waals surface area contributed by atoms with E-state index in [9.17, 15) is 9.65 Å². The minimum atomic E-state index is -0.570. The third-order valence-electron chi connectivity index (χ3n) is 2.85. The van der Waals surface area contributed by atoms with Crippen molar-refractivity contribution in [3.63, 3.8) is 0 Å². The van der Waals surface area contributed by atoms with Gasteiger partial charge in [0.15, 0.2) is 0 Å². The minimum Gasteiger partial charge on any atom is -0.366 e. The van der Waals surface area contributed by atoms with Crippen LogP contribution in [-0.2, 0) is 0 Å². The molecule has 0 bridgehead atoms. The van der Waals surface area contributed by atoms with E-state index in [0.717, 1.165) is 11.3 Å². The fourth-order valence-corrected chi connectivity index (χ4v) is 1.96. The third kappa shape index (κ3) is 3.04. The van der Waals surface area contributed by atoms with Crippen molar-refractivity contribution in [2.75, 3.05) is 5.32 Å². The topological polar surface area (TPSA) is 35.8 Å². The highest BCUT2D eigenvalue weighted by molar-refractivity contribution is 6.30. The van der Waals surface area contributed by atoms with Crippen LogP contribution >= 0.6 is 11.6 Å². The predicted octanol–water partition coefficient (Wildman–Crippen LogP) is 4.46. The highest BCUT2D eigenvalue weighted by Crippen LogP contribution is 2.25. The first kappa shape index (κ1) is 13.4. The van der Waals surface area contributed by atoms with Crippen molar-refractivity contribution in [1.82, 2.24) is 0 Å². The molecule has 1 N–H and O–H groups in total. The lowest BCUT2D eigenvalue weighted by Crippen LogP contribution is -2.09. The van der Waals surface area contributed by atoms with Crippen molar-refractivity contribution in [3.8, 4) is 6.07 Å². The zero-order chi connectivity index (χ0) is 13.8. The number of nitrogens with zero attached hydrogens (tertiary/aromatic N) is 1. The zero-order valence-corrected chi connectivity index (χ0v) is 11.1. The Bertz CT molecular complexity index is 634. The molecule has 2 aromatic rings. The van der Waals surface area contributed by atoms with Gasteiger partial charge in [-0.25, -0.2) is 4.39 Å². The SMILES string of the molecule is Cc1ccccc1NC(C#N)c1ccc(F)c(Cl)c1. The maximum Gasteiger partial charge on any atom is 0.141 e. The van der Waals surface area contributed by atoms with Gasteiger partial charge in [0.05, 0.1) is 11.1 Å². The summed E-state index contributed by atoms with van der Waals surface area (Å²) in [7, 11) is 0. The van der Waals surface area contributed by atoms with E-state index in [1.54, 1.807) is 6.07 Å². The quantitative estimate of drug-likeness (QED) is 0.897. The van der Waals surface area contributed by atoms with Crippen LogP contribution in [0, 0.1) is 24.1 Å². The molecule has 1 unspecified atom stereocenters. The first-order chi connectivity index (χ1) is 9.11. The summed E-state index contributed by atoms with van der Waals surface area (Å²) >= 11 is 5.74. The lowest BCUT2D eigenvalue weighted by atomic mass is 10.1. The van der Waals surface area contributed by atoms with Crippen LogP contribution in [0.5, 0.6) is 0 Å². The highest BCUT2D eigenvalue weighted by Gasteiger charge is 2.13. The number of aryl methyl sites for hydroxylation is 1. The molecule has 0 aliphatic rings. The number of benzene rings is 2. The van der Waals surface area contributed by atoms with Crippen LogP contribution in [-0.4, -0.2) is 0 Å². The second-order valence-electron chi connectivity index (χ2n) is 4.19. The number of nitriles is 1. The maximum atomic E-state index is 13.1. The molecule has 0 fully saturated rings. The summed E-state index contributed by atoms with van der Waals surface area (Å²) in [5.74, 6) is -0.488. The summed E-state index contributed by atoms with van der Waals surface area (Å²) in [5, 5.41) is 12.4. The van der Waals surface area contributed by atoms with E-state index in [4.69, 9.17) is 11.6 Å². The Hall–Kier alpha value is -2.05. The van der Waals surface area contributed by atoms with Crippen LogP contribution in [0.2, 0.25) is 5.02 Å². The van der Waals surface area contributed by atoms with Crippen LogP contribution in [0.3, 0.4) is 0 Å². The first-order valence-corrected chi connectivity index (χ1v) is 6.16. The number of hydrogen-bond acceptors (Lipinski definition) is 2. The summed E-state index contributed by atoms with van der Waals surface area (Å²) < 4.78 is 13.1. The van der Waals surface area contributed by atoms with Crippen LogP contribution in [0.1, 0.15) is 17.2 Å². The Balaban J connectivity index is 2.28. The molecule has 0 amide bonds. The number of hydrogen-bond donors (Lipinski definition) is 1. The van der Waals surface area contributed by atoms with Gasteiger partial charge in [0, 0.05) is 5.69 Å². The van der Waals surface area contributed by atoms with Crippen molar-refractivity contribution in [2.24, 2.45) is 0 Å². The molecular formula is C15H12ClFN2. The fraction of sp³-hybridized carbons (Fsp3) is 0.133. The molecule has 1 atom stereocenters. The molecule has 2 aromatic carbocycles. The first-order valence-electron chi connectivity index (χ1n) is 5.78. The van der Waals surface area contributed by atoms with E-state index in [1.165, 1.54) is 12.1 Å². The number of para-hydroxylation sites is 1. The van der Waals surface area contributed by atoms with Gasteiger partial charge in [-0.05, 0) is 36.2 Å². The van der Waals surface area contributed by atoms with Crippen LogP contribution in [0.25, 0.3) is 0 Å². The average molecular weight is 275 g/mol. The van der Waals surface area contributed by atoms with E-state index in [2.05, 4.69) is 11.4 Å². The van der Waals surface area contributed by atoms with Gasteiger partial charge in [-0.1, -0.05) is 35.9 Å². The molecule has 19 heavy (non-hydrogen) atoms. The molecule has 0 heterocycles. The van der Waals surface area contributed by atoms with Gasteiger partial charge >= 0.3 is 0 Å². The van der Waals surface area contributed by atoms with E-state index in [1.807, 2.05) is 31.2 Å². The molecule has 4 heteroatoms. The van der Waals surface area contributed by atoms with E-state index >= 15 is 0 Å². The summed E-state index contributed by atoms with van der Waals surface area (Å²) in [4.78, 5) is 0. The van der Waals surface area contributed by atoms with E-state index < -0.39 is 11.9 Å². The Morgan fingerprint density at radius 1 is 1.26 bits per heavy atom. The van der Waals surface area contributed by atoms with Gasteiger partial charge in [0.1, 0.15) is 11.9 Å². The van der Waals surface area contributed by atoms with Gasteiger partial charge < -0.3 is 5.32 Å². The predicted molar refractivity (Wildman–Crippen MR) is 74.6 cm³/mol. The second kappa shape index (κ2) is 5.73. The lowest BCUT2D eigenvalue weighted by molar-refractivity contribution is 0.627. The lowest BCUT2D eigenvalue weighted by Gasteiger charge is -2.15. The number of halogens is 2. The largest absolute Gasteiger partial charge is 0.366 e. The molecule has 0 radical (unpaired) electrons. The monoisotopic (exact) mass is 274 g/mol. The minimum absolute atomic E-state index is 0.0179. The van der Waals surface area contributed by atoms with Crippen LogP contribution in [0.4, 0.5) is 10.1 Å². The molecule has 0 spiro atoms. The average Bonchev–Trinajstić information content (AvgIpc) is 2.41. The molecule has 2 rings (SSSR count). The van der Waals surface area contributed by atoms with Gasteiger partial charge in [-0.3, -0.25) is 0 Å². The van der Waals surface area contributed by atoms with Gasteiger partial charge in [-0.15, -0.1) is 0 Å². The zero-order valence-electron chi connectivity index (χ0n) is 10.3. The summed E-state index contributed by atoms with van der Waals surface area (Å²) in [5.41, 5.74) is 2.54. The highest BCUT2D eigenvalue weighted by atomic mass is 35.5. The Kier molecular flexibility index (Phi) is 4.03. The molecule has 0 saturated carbocycles. The fourth-order valence-electron chi connectivity index (χ4n) is 1.77. The van der Waals surface area contributed by atoms with Crippen molar-refractivity contribution >= 4 is 17.3 Å².